The van der Waals surface area contributed by atoms with Gasteiger partial charge in [-0.05, 0) is 44.5 Å². The molecule has 1 N–H and O–H groups in total. The van der Waals surface area contributed by atoms with Crippen LogP contribution in [0.25, 0.3) is 11.3 Å². The maximum absolute atomic E-state index is 12.9. The average molecular weight is 413 g/mol. The average Bonchev–Trinajstić information content (AvgIpc) is 3.12. The van der Waals surface area contributed by atoms with E-state index in [9.17, 15) is 4.79 Å². The van der Waals surface area contributed by atoms with Crippen LogP contribution in [0, 0.1) is 0 Å². The number of methoxy groups -OCH3 is 1. The zero-order valence-electron chi connectivity index (χ0n) is 16.5. The molecule has 0 saturated carbocycles. The molecule has 3 aromatic rings. The van der Waals surface area contributed by atoms with E-state index in [0.29, 0.717) is 5.13 Å². The minimum Gasteiger partial charge on any atom is -0.497 e. The first-order valence-corrected chi connectivity index (χ1v) is 10.8. The molecule has 0 aliphatic heterocycles. The SMILES string of the molecule is CCc1sc(NC(=O)C(C)(C)Sc2ccc(OC)cc2)nc1-c1ccccc1. The number of rotatable bonds is 7. The van der Waals surface area contributed by atoms with Crippen molar-refractivity contribution in [1.29, 1.82) is 0 Å². The fraction of sp³-hybridized carbons (Fsp3) is 0.273. The van der Waals surface area contributed by atoms with Gasteiger partial charge in [0.1, 0.15) is 5.75 Å². The Kier molecular flexibility index (Phi) is 6.42. The van der Waals surface area contributed by atoms with Crippen LogP contribution in [-0.4, -0.2) is 22.7 Å². The highest BCUT2D eigenvalue weighted by atomic mass is 32.2. The van der Waals surface area contributed by atoms with Crippen LogP contribution in [0.4, 0.5) is 5.13 Å². The van der Waals surface area contributed by atoms with Crippen LogP contribution in [0.5, 0.6) is 5.75 Å². The Morgan fingerprint density at radius 1 is 1.14 bits per heavy atom. The van der Waals surface area contributed by atoms with Gasteiger partial charge >= 0.3 is 0 Å². The van der Waals surface area contributed by atoms with Crippen LogP contribution in [0.2, 0.25) is 0 Å². The maximum Gasteiger partial charge on any atom is 0.242 e. The summed E-state index contributed by atoms with van der Waals surface area (Å²) in [6.07, 6.45) is 0.877. The number of benzene rings is 2. The van der Waals surface area contributed by atoms with E-state index in [4.69, 9.17) is 9.72 Å². The lowest BCUT2D eigenvalue weighted by molar-refractivity contribution is -0.117. The third-order valence-corrected chi connectivity index (χ3v) is 6.58. The van der Waals surface area contributed by atoms with Gasteiger partial charge in [0, 0.05) is 15.3 Å². The molecule has 0 unspecified atom stereocenters. The molecule has 6 heteroatoms. The number of aryl methyl sites for hydroxylation is 1. The first-order chi connectivity index (χ1) is 13.4. The van der Waals surface area contributed by atoms with E-state index in [-0.39, 0.29) is 5.91 Å². The molecule has 28 heavy (non-hydrogen) atoms. The van der Waals surface area contributed by atoms with Gasteiger partial charge in [-0.1, -0.05) is 37.3 Å². The Balaban J connectivity index is 1.75. The van der Waals surface area contributed by atoms with Gasteiger partial charge in [0.25, 0.3) is 0 Å². The van der Waals surface area contributed by atoms with Crippen molar-refractivity contribution < 1.29 is 9.53 Å². The van der Waals surface area contributed by atoms with Gasteiger partial charge in [-0.25, -0.2) is 4.98 Å². The predicted octanol–water partition coefficient (Wildman–Crippen LogP) is 5.89. The first kappa shape index (κ1) is 20.4. The molecule has 4 nitrogen and oxygen atoms in total. The predicted molar refractivity (Wildman–Crippen MR) is 118 cm³/mol. The van der Waals surface area contributed by atoms with Gasteiger partial charge in [0.2, 0.25) is 5.91 Å². The summed E-state index contributed by atoms with van der Waals surface area (Å²) in [5.74, 6) is 0.735. The number of nitrogens with one attached hydrogen (secondary N) is 1. The Bertz CT molecular complexity index is 935. The van der Waals surface area contributed by atoms with E-state index in [1.807, 2.05) is 68.4 Å². The number of thiazole rings is 1. The number of carbonyl (C=O) groups is 1. The second-order valence-electron chi connectivity index (χ2n) is 6.75. The molecule has 0 radical (unpaired) electrons. The van der Waals surface area contributed by atoms with E-state index in [0.717, 1.165) is 28.3 Å². The van der Waals surface area contributed by atoms with E-state index < -0.39 is 4.75 Å². The topological polar surface area (TPSA) is 51.2 Å². The molecule has 146 valence electrons. The third kappa shape index (κ3) is 4.75. The molecule has 0 aliphatic carbocycles. The van der Waals surface area contributed by atoms with E-state index in [1.54, 1.807) is 18.4 Å². The van der Waals surface area contributed by atoms with Crippen molar-refractivity contribution in [3.8, 4) is 17.0 Å². The highest BCUT2D eigenvalue weighted by Crippen LogP contribution is 2.36. The number of hydrogen-bond acceptors (Lipinski definition) is 5. The van der Waals surface area contributed by atoms with Crippen LogP contribution in [0.3, 0.4) is 0 Å². The monoisotopic (exact) mass is 412 g/mol. The lowest BCUT2D eigenvalue weighted by Gasteiger charge is -2.22. The Morgan fingerprint density at radius 2 is 1.82 bits per heavy atom. The van der Waals surface area contributed by atoms with Gasteiger partial charge in [-0.15, -0.1) is 23.1 Å². The summed E-state index contributed by atoms with van der Waals surface area (Å²) in [7, 11) is 1.64. The van der Waals surface area contributed by atoms with Gasteiger partial charge in [0.15, 0.2) is 5.13 Å². The number of thioether (sulfide) groups is 1. The number of nitrogens with zero attached hydrogens (tertiary/aromatic N) is 1. The number of carbonyl (C=O) groups excluding carboxylic acids is 1. The smallest absolute Gasteiger partial charge is 0.242 e. The Hall–Kier alpha value is -2.31. The summed E-state index contributed by atoms with van der Waals surface area (Å²) in [6, 6.07) is 17.8. The number of ether oxygens (including phenoxy) is 1. The molecule has 0 aliphatic rings. The van der Waals surface area contributed by atoms with E-state index in [2.05, 4.69) is 12.2 Å². The lowest BCUT2D eigenvalue weighted by atomic mass is 10.1. The largest absolute Gasteiger partial charge is 0.497 e. The summed E-state index contributed by atoms with van der Waals surface area (Å²) in [6.45, 7) is 5.95. The summed E-state index contributed by atoms with van der Waals surface area (Å²) >= 11 is 3.06. The second-order valence-corrected chi connectivity index (χ2v) is 9.53. The van der Waals surface area contributed by atoms with E-state index >= 15 is 0 Å². The zero-order chi connectivity index (χ0) is 20.1. The number of anilines is 1. The summed E-state index contributed by atoms with van der Waals surface area (Å²) in [5, 5.41) is 3.66. The molecule has 1 aromatic heterocycles. The number of aromatic nitrogens is 1. The minimum absolute atomic E-state index is 0.0654. The molecule has 1 heterocycles. The summed E-state index contributed by atoms with van der Waals surface area (Å²) in [4.78, 5) is 19.8. The Labute approximate surface area is 174 Å². The van der Waals surface area contributed by atoms with Gasteiger partial charge in [-0.3, -0.25) is 4.79 Å². The molecule has 3 rings (SSSR count). The van der Waals surface area contributed by atoms with Gasteiger partial charge in [-0.2, -0.15) is 0 Å². The standard InChI is InChI=1S/C22H24N2O2S2/c1-5-18-19(15-9-7-6-8-10-15)23-21(27-18)24-20(25)22(2,3)28-17-13-11-16(26-4)12-14-17/h6-14H,5H2,1-4H3,(H,23,24,25). The highest BCUT2D eigenvalue weighted by Gasteiger charge is 2.30. The van der Waals surface area contributed by atoms with E-state index in [1.165, 1.54) is 16.6 Å². The Morgan fingerprint density at radius 3 is 2.43 bits per heavy atom. The van der Waals surface area contributed by atoms with Crippen molar-refractivity contribution in [3.63, 3.8) is 0 Å². The van der Waals surface area contributed by atoms with Crippen LogP contribution < -0.4 is 10.1 Å². The summed E-state index contributed by atoms with van der Waals surface area (Å²) in [5.41, 5.74) is 2.02. The van der Waals surface area contributed by atoms with Crippen LogP contribution in [0.1, 0.15) is 25.6 Å². The number of hydrogen-bond donors (Lipinski definition) is 1. The molecular formula is C22H24N2O2S2. The minimum atomic E-state index is -0.639. The van der Waals surface area contributed by atoms with Crippen molar-refractivity contribution in [2.24, 2.45) is 0 Å². The van der Waals surface area contributed by atoms with Crippen LogP contribution >= 0.6 is 23.1 Å². The van der Waals surface area contributed by atoms with Crippen molar-refractivity contribution in [1.82, 2.24) is 4.98 Å². The first-order valence-electron chi connectivity index (χ1n) is 9.12. The van der Waals surface area contributed by atoms with Crippen LogP contribution in [0.15, 0.2) is 59.5 Å². The molecule has 0 bridgehead atoms. The molecule has 0 spiro atoms. The fourth-order valence-corrected chi connectivity index (χ4v) is 4.62. The maximum atomic E-state index is 12.9. The highest BCUT2D eigenvalue weighted by molar-refractivity contribution is 8.01. The molecule has 0 saturated heterocycles. The molecule has 2 aromatic carbocycles. The normalized spacial score (nSPS) is 11.3. The second kappa shape index (κ2) is 8.80. The fourth-order valence-electron chi connectivity index (χ4n) is 2.70. The van der Waals surface area contributed by atoms with Crippen molar-refractivity contribution in [2.75, 3.05) is 12.4 Å². The van der Waals surface area contributed by atoms with Crippen molar-refractivity contribution in [3.05, 3.63) is 59.5 Å². The van der Waals surface area contributed by atoms with Gasteiger partial charge in [0.05, 0.1) is 17.6 Å². The number of amides is 1. The zero-order valence-corrected chi connectivity index (χ0v) is 18.1. The third-order valence-electron chi connectivity index (χ3n) is 4.27. The molecule has 1 amide bonds. The molecule has 0 fully saturated rings. The summed E-state index contributed by atoms with van der Waals surface area (Å²) < 4.78 is 4.55. The van der Waals surface area contributed by atoms with Crippen LogP contribution in [-0.2, 0) is 11.2 Å². The molecular weight excluding hydrogens is 388 g/mol. The van der Waals surface area contributed by atoms with Crippen molar-refractivity contribution >= 4 is 34.1 Å². The van der Waals surface area contributed by atoms with Crippen molar-refractivity contribution in [2.45, 2.75) is 36.8 Å². The molecule has 0 atom stereocenters. The van der Waals surface area contributed by atoms with Gasteiger partial charge < -0.3 is 10.1 Å². The lowest BCUT2D eigenvalue weighted by Crippen LogP contribution is -2.33. The quantitative estimate of drug-likeness (QED) is 0.492.